The summed E-state index contributed by atoms with van der Waals surface area (Å²) in [4.78, 5) is 34.4. The summed E-state index contributed by atoms with van der Waals surface area (Å²) in [6.45, 7) is 2.27. The van der Waals surface area contributed by atoms with Gasteiger partial charge in [-0.15, -0.1) is 0 Å². The van der Waals surface area contributed by atoms with Crippen LogP contribution < -0.4 is 5.32 Å². The van der Waals surface area contributed by atoms with Gasteiger partial charge < -0.3 is 19.9 Å². The number of carbonyl (C=O) groups excluding carboxylic acids is 2. The summed E-state index contributed by atoms with van der Waals surface area (Å²) in [5.74, 6) is 0.678. The zero-order chi connectivity index (χ0) is 17.8. The molecular formula is C19H26N4O3. The fourth-order valence-corrected chi connectivity index (χ4v) is 5.62. The van der Waals surface area contributed by atoms with E-state index in [0.29, 0.717) is 11.6 Å². The van der Waals surface area contributed by atoms with Crippen molar-refractivity contribution in [1.82, 2.24) is 20.2 Å². The largest absolute Gasteiger partial charge is 0.365 e. The number of likely N-dealkylation sites (tertiary alicyclic amines) is 1. The van der Waals surface area contributed by atoms with Crippen molar-refractivity contribution in [3.05, 3.63) is 18.2 Å². The first kappa shape index (κ1) is 16.3. The van der Waals surface area contributed by atoms with Gasteiger partial charge in [-0.25, -0.2) is 4.98 Å². The van der Waals surface area contributed by atoms with E-state index in [1.807, 2.05) is 4.90 Å². The molecular weight excluding hydrogens is 332 g/mol. The maximum absolute atomic E-state index is 13.0. The van der Waals surface area contributed by atoms with Crippen LogP contribution in [0, 0.1) is 11.3 Å². The van der Waals surface area contributed by atoms with E-state index in [-0.39, 0.29) is 23.3 Å². The van der Waals surface area contributed by atoms with Crippen LogP contribution >= 0.6 is 0 Å². The molecule has 2 aliphatic carbocycles. The highest BCUT2D eigenvalue weighted by atomic mass is 16.5. The summed E-state index contributed by atoms with van der Waals surface area (Å²) in [6.07, 6.45) is 10.2. The van der Waals surface area contributed by atoms with Gasteiger partial charge in [0.25, 0.3) is 11.8 Å². The van der Waals surface area contributed by atoms with Gasteiger partial charge in [-0.05, 0) is 38.0 Å². The van der Waals surface area contributed by atoms with Crippen LogP contribution in [0.3, 0.4) is 0 Å². The zero-order valence-corrected chi connectivity index (χ0v) is 15.0. The normalized spacial score (nSPS) is 38.4. The van der Waals surface area contributed by atoms with Gasteiger partial charge in [-0.3, -0.25) is 9.59 Å². The molecule has 1 spiro atoms. The lowest BCUT2D eigenvalue weighted by Gasteiger charge is -2.42. The second kappa shape index (κ2) is 5.81. The molecule has 5 aliphatic rings. The maximum Gasteiger partial charge on any atom is 0.269 e. The van der Waals surface area contributed by atoms with Crippen LogP contribution in [-0.2, 0) is 9.53 Å². The molecule has 1 aromatic rings. The zero-order valence-electron chi connectivity index (χ0n) is 15.0. The quantitative estimate of drug-likeness (QED) is 0.857. The van der Waals surface area contributed by atoms with Crippen LogP contribution in [0.5, 0.6) is 0 Å². The molecule has 4 heterocycles. The molecule has 7 heteroatoms. The first-order valence-electron chi connectivity index (χ1n) is 9.83. The van der Waals surface area contributed by atoms with E-state index in [4.69, 9.17) is 4.74 Å². The Hall–Kier alpha value is -1.89. The third kappa shape index (κ3) is 2.40. The number of rotatable bonds is 3. The van der Waals surface area contributed by atoms with Crippen molar-refractivity contribution in [2.24, 2.45) is 11.3 Å². The summed E-state index contributed by atoms with van der Waals surface area (Å²) in [5, 5.41) is 3.22. The highest BCUT2D eigenvalue weighted by Gasteiger charge is 2.60. The number of imidazole rings is 1. The molecule has 7 nitrogen and oxygen atoms in total. The summed E-state index contributed by atoms with van der Waals surface area (Å²) in [7, 11) is 0. The summed E-state index contributed by atoms with van der Waals surface area (Å²) >= 11 is 0. The number of nitrogens with one attached hydrogen (secondary N) is 2. The van der Waals surface area contributed by atoms with Crippen LogP contribution in [0.1, 0.15) is 55.4 Å². The van der Waals surface area contributed by atoms with Crippen LogP contribution in [0.4, 0.5) is 0 Å². The summed E-state index contributed by atoms with van der Waals surface area (Å²) < 4.78 is 5.83. The van der Waals surface area contributed by atoms with Crippen LogP contribution in [0.2, 0.25) is 0 Å². The van der Waals surface area contributed by atoms with Gasteiger partial charge in [-0.1, -0.05) is 12.8 Å². The third-order valence-electron chi connectivity index (χ3n) is 7.10. The predicted molar refractivity (Wildman–Crippen MR) is 93.3 cm³/mol. The Morgan fingerprint density at radius 1 is 1.31 bits per heavy atom. The van der Waals surface area contributed by atoms with Crippen molar-refractivity contribution in [2.45, 2.75) is 56.6 Å². The average Bonchev–Trinajstić information content (AvgIpc) is 3.40. The Morgan fingerprint density at radius 3 is 2.92 bits per heavy atom. The minimum Gasteiger partial charge on any atom is -0.365 e. The minimum atomic E-state index is -0.514. The molecule has 2 amide bonds. The fraction of sp³-hybridized carbons (Fsp3) is 0.737. The van der Waals surface area contributed by atoms with Crippen molar-refractivity contribution in [3.8, 4) is 0 Å². The number of carbonyl (C=O) groups is 2. The van der Waals surface area contributed by atoms with Crippen molar-refractivity contribution in [2.75, 3.05) is 19.7 Å². The Labute approximate surface area is 152 Å². The van der Waals surface area contributed by atoms with Gasteiger partial charge in [-0.2, -0.15) is 0 Å². The van der Waals surface area contributed by atoms with Crippen molar-refractivity contribution in [3.63, 3.8) is 0 Å². The standard InChI is InChI=1S/C19H26N4O3/c24-16(14-9-20-12-21-14)22-15-3-1-2-4-18(15)5-6-23(11-18)17(25)19-7-13(8-19)10-26-19/h9,12-13,15H,1-8,10-11H2,(H,20,21)(H,22,24). The van der Waals surface area contributed by atoms with E-state index in [1.54, 1.807) is 6.20 Å². The molecule has 6 rings (SSSR count). The molecule has 1 aromatic heterocycles. The predicted octanol–water partition coefficient (Wildman–Crippen LogP) is 1.48. The number of hydrogen-bond acceptors (Lipinski definition) is 4. The Bertz CT molecular complexity index is 707. The highest BCUT2D eigenvalue weighted by molar-refractivity contribution is 5.92. The molecule has 0 radical (unpaired) electrons. The van der Waals surface area contributed by atoms with E-state index in [9.17, 15) is 9.59 Å². The SMILES string of the molecule is O=C(NC1CCCCC12CCN(C(=O)C13CC(CO1)C3)C2)c1cnc[nH]1. The lowest BCUT2D eigenvalue weighted by Crippen LogP contribution is -2.55. The lowest BCUT2D eigenvalue weighted by atomic mass is 9.69. The van der Waals surface area contributed by atoms with Crippen molar-refractivity contribution < 1.29 is 14.3 Å². The average molecular weight is 358 g/mol. The van der Waals surface area contributed by atoms with Crippen LogP contribution in [-0.4, -0.2) is 58.0 Å². The van der Waals surface area contributed by atoms with Gasteiger partial charge >= 0.3 is 0 Å². The van der Waals surface area contributed by atoms with Gasteiger partial charge in [0.05, 0.1) is 19.1 Å². The monoisotopic (exact) mass is 358 g/mol. The third-order valence-corrected chi connectivity index (χ3v) is 7.10. The topological polar surface area (TPSA) is 87.3 Å². The number of aromatic amines is 1. The highest BCUT2D eigenvalue weighted by Crippen LogP contribution is 2.51. The maximum atomic E-state index is 13.0. The minimum absolute atomic E-state index is 0.00197. The number of amides is 2. The number of nitrogens with zero attached hydrogens (tertiary/aromatic N) is 2. The van der Waals surface area contributed by atoms with E-state index in [1.165, 1.54) is 12.7 Å². The smallest absolute Gasteiger partial charge is 0.269 e. The molecule has 5 fully saturated rings. The molecule has 0 aromatic carbocycles. The first-order chi connectivity index (χ1) is 12.6. The fourth-order valence-electron chi connectivity index (χ4n) is 5.62. The van der Waals surface area contributed by atoms with Gasteiger partial charge in [0.15, 0.2) is 0 Å². The van der Waals surface area contributed by atoms with Gasteiger partial charge in [0.2, 0.25) is 0 Å². The first-order valence-corrected chi connectivity index (χ1v) is 9.83. The molecule has 3 saturated heterocycles. The Morgan fingerprint density at radius 2 is 2.19 bits per heavy atom. The molecule has 140 valence electrons. The summed E-state index contributed by atoms with van der Waals surface area (Å²) in [6, 6.07) is 0.112. The molecule has 26 heavy (non-hydrogen) atoms. The molecule has 2 N–H and O–H groups in total. The molecule has 2 saturated carbocycles. The van der Waals surface area contributed by atoms with E-state index >= 15 is 0 Å². The van der Waals surface area contributed by atoms with E-state index < -0.39 is 5.60 Å². The van der Waals surface area contributed by atoms with Crippen LogP contribution in [0.25, 0.3) is 0 Å². The molecule has 2 atom stereocenters. The van der Waals surface area contributed by atoms with E-state index in [2.05, 4.69) is 15.3 Å². The van der Waals surface area contributed by atoms with Crippen molar-refractivity contribution in [1.29, 1.82) is 0 Å². The van der Waals surface area contributed by atoms with Crippen molar-refractivity contribution >= 4 is 11.8 Å². The number of ether oxygens (including phenoxy) is 1. The molecule has 2 unspecified atom stereocenters. The number of aromatic nitrogens is 2. The van der Waals surface area contributed by atoms with Crippen LogP contribution in [0.15, 0.2) is 12.5 Å². The number of fused-ring (bicyclic) bond motifs is 1. The second-order valence-electron chi connectivity index (χ2n) is 8.66. The molecule has 3 aliphatic heterocycles. The number of H-pyrrole nitrogens is 1. The van der Waals surface area contributed by atoms with E-state index in [0.717, 1.165) is 58.2 Å². The summed E-state index contributed by atoms with van der Waals surface area (Å²) in [5.41, 5.74) is -0.0166. The Kier molecular flexibility index (Phi) is 3.64. The lowest BCUT2D eigenvalue weighted by molar-refractivity contribution is -0.154. The number of hydrogen-bond donors (Lipinski definition) is 2. The molecule has 2 bridgehead atoms. The second-order valence-corrected chi connectivity index (χ2v) is 8.66. The Balaban J connectivity index is 1.30. The van der Waals surface area contributed by atoms with Gasteiger partial charge in [0, 0.05) is 24.5 Å². The van der Waals surface area contributed by atoms with Gasteiger partial charge in [0.1, 0.15) is 11.3 Å².